The molecule has 0 amide bonds. The molecule has 26 heavy (non-hydrogen) atoms. The van der Waals surface area contributed by atoms with Crippen LogP contribution in [0, 0.1) is 11.8 Å². The minimum atomic E-state index is -0.547. The van der Waals surface area contributed by atoms with Gasteiger partial charge in [0.2, 0.25) is 0 Å². The van der Waals surface area contributed by atoms with E-state index in [9.17, 15) is 4.79 Å². The summed E-state index contributed by atoms with van der Waals surface area (Å²) in [6.45, 7) is 13.4. The molecule has 0 heterocycles. The van der Waals surface area contributed by atoms with Gasteiger partial charge >= 0.3 is 5.97 Å². The Balaban J connectivity index is 3.45. The lowest BCUT2D eigenvalue weighted by Gasteiger charge is -2.31. The molecule has 0 saturated carbocycles. The number of carbonyl (C=O) groups excluding carboxylic acids is 1. The van der Waals surface area contributed by atoms with Crippen molar-refractivity contribution in [2.24, 2.45) is 11.8 Å². The molecule has 0 spiro atoms. The van der Waals surface area contributed by atoms with Crippen LogP contribution in [0.15, 0.2) is 24.8 Å². The maximum atomic E-state index is 12.7. The van der Waals surface area contributed by atoms with Gasteiger partial charge in [-0.25, -0.2) is 0 Å². The van der Waals surface area contributed by atoms with Crippen molar-refractivity contribution in [3.05, 3.63) is 30.4 Å². The Bertz CT molecular complexity index is 630. The number of allylic oxidation sites excluding steroid dienone is 1. The summed E-state index contributed by atoms with van der Waals surface area (Å²) < 4.78 is 22.0. The molecule has 0 aliphatic heterocycles. The normalized spacial score (nSPS) is 14.8. The van der Waals surface area contributed by atoms with Gasteiger partial charge in [-0.1, -0.05) is 19.9 Å². The monoisotopic (exact) mass is 364 g/mol. The van der Waals surface area contributed by atoms with E-state index in [1.54, 1.807) is 27.4 Å². The van der Waals surface area contributed by atoms with E-state index in [4.69, 9.17) is 18.9 Å². The molecule has 0 bridgehead atoms. The summed E-state index contributed by atoms with van der Waals surface area (Å²) in [6.07, 6.45) is 1.84. The molecule has 0 aliphatic carbocycles. The number of benzene rings is 1. The van der Waals surface area contributed by atoms with Crippen LogP contribution in [-0.4, -0.2) is 32.9 Å². The fourth-order valence-electron chi connectivity index (χ4n) is 3.01. The molecule has 0 aromatic heterocycles. The van der Waals surface area contributed by atoms with E-state index in [-0.39, 0.29) is 17.8 Å². The van der Waals surface area contributed by atoms with Crippen LogP contribution in [0.3, 0.4) is 0 Å². The molecular weight excluding hydrogens is 332 g/mol. The van der Waals surface area contributed by atoms with Crippen LogP contribution >= 0.6 is 0 Å². The number of esters is 1. The van der Waals surface area contributed by atoms with E-state index in [1.807, 2.05) is 46.8 Å². The number of hydrogen-bond acceptors (Lipinski definition) is 5. The SMILES string of the molecule is C=C[C@H](C)[C@H](c1cc(OC)c(OC)cc1OC)[C@@H](C)C(=O)OC(C)(C)C. The van der Waals surface area contributed by atoms with Crippen LogP contribution in [-0.2, 0) is 9.53 Å². The smallest absolute Gasteiger partial charge is 0.309 e. The molecule has 1 aromatic rings. The third-order valence-electron chi connectivity index (χ3n) is 4.35. The lowest BCUT2D eigenvalue weighted by Crippen LogP contribution is -2.32. The van der Waals surface area contributed by atoms with Gasteiger partial charge in [-0.3, -0.25) is 4.79 Å². The van der Waals surface area contributed by atoms with Crippen molar-refractivity contribution < 1.29 is 23.7 Å². The first-order valence-electron chi connectivity index (χ1n) is 8.74. The number of rotatable bonds is 8. The fourth-order valence-corrected chi connectivity index (χ4v) is 3.01. The summed E-state index contributed by atoms with van der Waals surface area (Å²) in [5, 5.41) is 0. The highest BCUT2D eigenvalue weighted by atomic mass is 16.6. The molecule has 0 radical (unpaired) electrons. The van der Waals surface area contributed by atoms with Gasteiger partial charge in [-0.15, -0.1) is 6.58 Å². The van der Waals surface area contributed by atoms with Gasteiger partial charge in [0.05, 0.1) is 27.2 Å². The average molecular weight is 364 g/mol. The lowest BCUT2D eigenvalue weighted by molar-refractivity contribution is -0.160. The standard InChI is InChI=1S/C21H32O5/c1-10-13(2)19(14(3)20(22)26-21(4,5)6)15-11-17(24-8)18(25-9)12-16(15)23-7/h10-14,19H,1H2,2-9H3/t13-,14+,19-/m0/s1. The highest BCUT2D eigenvalue weighted by molar-refractivity contribution is 5.74. The average Bonchev–Trinajstić information content (AvgIpc) is 2.59. The maximum Gasteiger partial charge on any atom is 0.309 e. The van der Waals surface area contributed by atoms with Crippen LogP contribution in [0.4, 0.5) is 0 Å². The van der Waals surface area contributed by atoms with Gasteiger partial charge in [0.25, 0.3) is 0 Å². The van der Waals surface area contributed by atoms with Crippen molar-refractivity contribution in [1.82, 2.24) is 0 Å². The molecule has 146 valence electrons. The number of methoxy groups -OCH3 is 3. The van der Waals surface area contributed by atoms with Crippen molar-refractivity contribution in [2.75, 3.05) is 21.3 Å². The largest absolute Gasteiger partial charge is 0.496 e. The summed E-state index contributed by atoms with van der Waals surface area (Å²) in [7, 11) is 4.75. The first kappa shape index (κ1) is 21.9. The molecule has 1 rings (SSSR count). The quantitative estimate of drug-likeness (QED) is 0.498. The van der Waals surface area contributed by atoms with Gasteiger partial charge < -0.3 is 18.9 Å². The molecular formula is C21H32O5. The van der Waals surface area contributed by atoms with Gasteiger partial charge in [-0.2, -0.15) is 0 Å². The predicted molar refractivity (Wildman–Crippen MR) is 103 cm³/mol. The zero-order valence-corrected chi connectivity index (χ0v) is 17.2. The van der Waals surface area contributed by atoms with E-state index >= 15 is 0 Å². The molecule has 5 nitrogen and oxygen atoms in total. The molecule has 5 heteroatoms. The lowest BCUT2D eigenvalue weighted by atomic mass is 9.77. The summed E-state index contributed by atoms with van der Waals surface area (Å²) in [4.78, 5) is 12.7. The molecule has 0 fully saturated rings. The Morgan fingerprint density at radius 1 is 1.00 bits per heavy atom. The topological polar surface area (TPSA) is 54.0 Å². The van der Waals surface area contributed by atoms with E-state index in [0.29, 0.717) is 17.2 Å². The molecule has 3 atom stereocenters. The van der Waals surface area contributed by atoms with Crippen molar-refractivity contribution >= 4 is 5.97 Å². The van der Waals surface area contributed by atoms with Crippen molar-refractivity contribution in [3.63, 3.8) is 0 Å². The number of hydrogen-bond donors (Lipinski definition) is 0. The zero-order valence-electron chi connectivity index (χ0n) is 17.2. The summed E-state index contributed by atoms with van der Waals surface area (Å²) in [5.74, 6) is 0.977. The van der Waals surface area contributed by atoms with Gasteiger partial charge in [0, 0.05) is 17.5 Å². The third kappa shape index (κ3) is 5.16. The van der Waals surface area contributed by atoms with Crippen molar-refractivity contribution in [2.45, 2.75) is 46.1 Å². The van der Waals surface area contributed by atoms with Crippen LogP contribution in [0.2, 0.25) is 0 Å². The molecule has 0 saturated heterocycles. The number of carbonyl (C=O) groups is 1. The van der Waals surface area contributed by atoms with E-state index in [1.165, 1.54) is 0 Å². The Labute approximate surface area is 157 Å². The Morgan fingerprint density at radius 3 is 1.92 bits per heavy atom. The molecule has 1 aromatic carbocycles. The highest BCUT2D eigenvalue weighted by Crippen LogP contribution is 2.44. The molecule has 0 unspecified atom stereocenters. The Morgan fingerprint density at radius 2 is 1.50 bits per heavy atom. The second kappa shape index (κ2) is 8.97. The fraction of sp³-hybridized carbons (Fsp3) is 0.571. The van der Waals surface area contributed by atoms with Crippen molar-refractivity contribution in [1.29, 1.82) is 0 Å². The minimum Gasteiger partial charge on any atom is -0.496 e. The molecule has 0 aliphatic rings. The van der Waals surface area contributed by atoms with Crippen LogP contribution in [0.1, 0.15) is 46.1 Å². The molecule has 0 N–H and O–H groups in total. The van der Waals surface area contributed by atoms with Gasteiger partial charge in [0.15, 0.2) is 11.5 Å². The van der Waals surface area contributed by atoms with Gasteiger partial charge in [-0.05, 0) is 32.8 Å². The second-order valence-electron chi connectivity index (χ2n) is 7.39. The summed E-state index contributed by atoms with van der Waals surface area (Å²) >= 11 is 0. The maximum absolute atomic E-state index is 12.7. The Hall–Kier alpha value is -2.17. The van der Waals surface area contributed by atoms with Crippen LogP contribution < -0.4 is 14.2 Å². The van der Waals surface area contributed by atoms with Crippen molar-refractivity contribution in [3.8, 4) is 17.2 Å². The van der Waals surface area contributed by atoms with E-state index < -0.39 is 11.5 Å². The number of ether oxygens (including phenoxy) is 4. The summed E-state index contributed by atoms with van der Waals surface area (Å²) in [6, 6.07) is 3.64. The van der Waals surface area contributed by atoms with Crippen LogP contribution in [0.5, 0.6) is 17.2 Å². The Kier molecular flexibility index (Phi) is 7.54. The first-order chi connectivity index (χ1) is 12.1. The van der Waals surface area contributed by atoms with E-state index in [0.717, 1.165) is 5.56 Å². The second-order valence-corrected chi connectivity index (χ2v) is 7.39. The predicted octanol–water partition coefficient (Wildman–Crippen LogP) is 4.60. The highest BCUT2D eigenvalue weighted by Gasteiger charge is 2.34. The summed E-state index contributed by atoms with van der Waals surface area (Å²) in [5.41, 5.74) is 0.311. The van der Waals surface area contributed by atoms with Crippen LogP contribution in [0.25, 0.3) is 0 Å². The first-order valence-corrected chi connectivity index (χ1v) is 8.74. The van der Waals surface area contributed by atoms with Gasteiger partial charge in [0.1, 0.15) is 11.4 Å². The minimum absolute atomic E-state index is 0.0181. The third-order valence-corrected chi connectivity index (χ3v) is 4.35. The zero-order chi connectivity index (χ0) is 20.1. The van der Waals surface area contributed by atoms with E-state index in [2.05, 4.69) is 6.58 Å².